The molecule has 0 saturated heterocycles. The van der Waals surface area contributed by atoms with Crippen molar-refractivity contribution in [1.29, 1.82) is 0 Å². The summed E-state index contributed by atoms with van der Waals surface area (Å²) in [5.74, 6) is -75.5. The fourth-order valence-electron chi connectivity index (χ4n) is 2.81. The Morgan fingerprint density at radius 2 is 0.409 bits per heavy atom. The first-order valence-corrected chi connectivity index (χ1v) is 9.02. The summed E-state index contributed by atoms with van der Waals surface area (Å²) in [6.45, 7) is 0. The van der Waals surface area contributed by atoms with E-state index in [1.165, 1.54) is 0 Å². The summed E-state index contributed by atoms with van der Waals surface area (Å²) in [6, 6.07) is 0. The molecule has 5 atom stereocenters. The van der Waals surface area contributed by atoms with Gasteiger partial charge in [-0.1, -0.05) is 0 Å². The first-order chi connectivity index (χ1) is 18.2. The van der Waals surface area contributed by atoms with Gasteiger partial charge in [0.15, 0.2) is 0 Å². The van der Waals surface area contributed by atoms with Crippen LogP contribution < -0.4 is 0 Å². The molecule has 0 aliphatic carbocycles. The van der Waals surface area contributed by atoms with E-state index in [9.17, 15) is 119 Å². The Kier molecular flexibility index (Phi) is 9.31. The lowest BCUT2D eigenvalue weighted by Crippen LogP contribution is -2.86. The Hall–Kier alpha value is -2.01. The molecule has 0 saturated carbocycles. The molecule has 3 nitrogen and oxygen atoms in total. The van der Waals surface area contributed by atoms with E-state index in [0.717, 1.165) is 0 Å². The van der Waals surface area contributed by atoms with E-state index >= 15 is 0 Å². The lowest BCUT2D eigenvalue weighted by molar-refractivity contribution is -0.520. The summed E-state index contributed by atoms with van der Waals surface area (Å²) < 4.78 is 357. The van der Waals surface area contributed by atoms with Gasteiger partial charge in [-0.05, 0) is 0 Å². The van der Waals surface area contributed by atoms with Crippen molar-refractivity contribution in [3.8, 4) is 0 Å². The van der Waals surface area contributed by atoms with Crippen molar-refractivity contribution in [3.05, 3.63) is 0 Å². The number of hydrogen-bond acceptors (Lipinski definition) is 3. The average Bonchev–Trinajstić information content (AvgIpc) is 2.73. The van der Waals surface area contributed by atoms with E-state index in [1.54, 1.807) is 0 Å². The molecule has 0 rings (SSSR count). The van der Waals surface area contributed by atoms with Crippen molar-refractivity contribution < 1.29 is 134 Å². The fraction of sp³-hybridized carbons (Fsp3) is 1.00. The van der Waals surface area contributed by atoms with Crippen molar-refractivity contribution in [3.63, 3.8) is 0 Å². The lowest BCUT2D eigenvalue weighted by atomic mass is 9.71. The van der Waals surface area contributed by atoms with E-state index in [4.69, 9.17) is 15.3 Å². The van der Waals surface area contributed by atoms with Crippen LogP contribution >= 0.6 is 0 Å². The third-order valence-corrected chi connectivity index (χ3v) is 5.33. The van der Waals surface area contributed by atoms with Gasteiger partial charge in [0, 0.05) is 0 Å². The van der Waals surface area contributed by atoms with Crippen LogP contribution in [0.3, 0.4) is 0 Å². The number of halogens is 27. The molecular formula is C14H3F27O3. The second-order valence-electron chi connectivity index (χ2n) is 8.05. The van der Waals surface area contributed by atoms with Gasteiger partial charge >= 0.3 is 83.2 Å². The molecule has 0 radical (unpaired) electrons. The van der Waals surface area contributed by atoms with Gasteiger partial charge in [0.25, 0.3) is 0 Å². The molecule has 0 spiro atoms. The largest absolute Gasteiger partial charge is 0.460 e. The van der Waals surface area contributed by atoms with Crippen molar-refractivity contribution in [2.45, 2.75) is 83.2 Å². The maximum atomic E-state index is 14.5. The molecule has 0 heterocycles. The quantitative estimate of drug-likeness (QED) is 0.229. The van der Waals surface area contributed by atoms with Gasteiger partial charge in [-0.3, -0.25) is 0 Å². The monoisotopic (exact) mass is 732 g/mol. The zero-order valence-corrected chi connectivity index (χ0v) is 18.5. The van der Waals surface area contributed by atoms with Crippen molar-refractivity contribution in [1.82, 2.24) is 0 Å². The maximum Gasteiger partial charge on any atom is 0.460 e. The van der Waals surface area contributed by atoms with Crippen LogP contribution in [-0.4, -0.2) is 98.5 Å². The molecule has 0 amide bonds. The van der Waals surface area contributed by atoms with Crippen LogP contribution in [0.15, 0.2) is 0 Å². The summed E-state index contributed by atoms with van der Waals surface area (Å²) in [4.78, 5) is 0. The maximum absolute atomic E-state index is 14.5. The number of alkyl halides is 27. The summed E-state index contributed by atoms with van der Waals surface area (Å²) in [7, 11) is 0. The predicted octanol–water partition coefficient (Wildman–Crippen LogP) is 6.80. The van der Waals surface area contributed by atoms with E-state index < -0.39 is 83.2 Å². The number of rotatable bonds is 9. The predicted molar refractivity (Wildman–Crippen MR) is 74.8 cm³/mol. The van der Waals surface area contributed by atoms with Gasteiger partial charge in [0.05, 0.1) is 0 Å². The first kappa shape index (κ1) is 42.0. The Morgan fingerprint density at radius 3 is 0.614 bits per heavy atom. The molecule has 0 aromatic carbocycles. The highest BCUT2D eigenvalue weighted by Crippen LogP contribution is 2.69. The Bertz CT molecular complexity index is 974. The smallest absolute Gasteiger partial charge is 0.354 e. The third kappa shape index (κ3) is 4.60. The third-order valence-electron chi connectivity index (χ3n) is 5.33. The normalized spacial score (nSPS) is 22.8. The summed E-state index contributed by atoms with van der Waals surface area (Å²) in [5.41, 5.74) is -20.1. The van der Waals surface area contributed by atoms with Crippen LogP contribution in [0.1, 0.15) is 0 Å². The molecule has 0 bridgehead atoms. The Morgan fingerprint density at radius 1 is 0.205 bits per heavy atom. The minimum Gasteiger partial charge on any atom is -0.354 e. The Balaban J connectivity index is 8.40. The summed E-state index contributed by atoms with van der Waals surface area (Å²) in [6.07, 6.45) is -35.4. The second-order valence-corrected chi connectivity index (χ2v) is 8.05. The second kappa shape index (κ2) is 9.75. The van der Waals surface area contributed by atoms with Crippen molar-refractivity contribution in [2.75, 3.05) is 0 Å². The van der Waals surface area contributed by atoms with E-state index in [1.807, 2.05) is 0 Å². The SMILES string of the molecule is OC(F)(C(F)(F)C(F)(F)F)C(F)(F)C(F)(C(F)(F)F)C(O)(F)C(F)(F)C(F)(C(F)(F)F)C(O)(F)C(F)(F)C(F)(F)C(F)(F)F. The highest BCUT2D eigenvalue weighted by molar-refractivity contribution is 5.27. The summed E-state index contributed by atoms with van der Waals surface area (Å²) in [5, 5.41) is 25.0. The molecule has 0 fully saturated rings. The van der Waals surface area contributed by atoms with Crippen LogP contribution in [0.4, 0.5) is 119 Å². The van der Waals surface area contributed by atoms with Gasteiger partial charge in [0.2, 0.25) is 0 Å². The van der Waals surface area contributed by atoms with Gasteiger partial charge in [-0.15, -0.1) is 0 Å². The van der Waals surface area contributed by atoms with Gasteiger partial charge in [-0.25, -0.2) is 17.6 Å². The van der Waals surface area contributed by atoms with E-state index in [0.29, 0.717) is 0 Å². The molecule has 5 unspecified atom stereocenters. The zero-order valence-electron chi connectivity index (χ0n) is 18.5. The average molecular weight is 732 g/mol. The molecule has 44 heavy (non-hydrogen) atoms. The molecule has 3 N–H and O–H groups in total. The molecule has 266 valence electrons. The van der Waals surface area contributed by atoms with Gasteiger partial charge in [-0.2, -0.15) is 101 Å². The molecule has 0 aliphatic rings. The topological polar surface area (TPSA) is 60.7 Å². The van der Waals surface area contributed by atoms with Crippen molar-refractivity contribution >= 4 is 0 Å². The first-order valence-electron chi connectivity index (χ1n) is 9.02. The van der Waals surface area contributed by atoms with Crippen LogP contribution in [-0.2, 0) is 0 Å². The van der Waals surface area contributed by atoms with Crippen molar-refractivity contribution in [2.24, 2.45) is 0 Å². The van der Waals surface area contributed by atoms with Crippen LogP contribution in [0.25, 0.3) is 0 Å². The highest BCUT2D eigenvalue weighted by atomic mass is 19.4. The fourth-order valence-corrected chi connectivity index (χ4v) is 2.81. The molecule has 0 aromatic rings. The molecule has 30 heteroatoms. The zero-order chi connectivity index (χ0) is 37.0. The molecular weight excluding hydrogens is 729 g/mol. The van der Waals surface area contributed by atoms with Crippen LogP contribution in [0, 0.1) is 0 Å². The van der Waals surface area contributed by atoms with Gasteiger partial charge in [0.1, 0.15) is 0 Å². The Labute approximate surface area is 218 Å². The number of aliphatic hydroxyl groups is 3. The standard InChI is InChI=1S/C14H3F27O3/c15-1(11(30,31)32,9(28,43)5(21,22)6(23,24)13(36,37)38)3(17,18)8(27,42)2(16,12(33,34)35)4(19,20)10(29,44)7(25,26)14(39,40)41/h42-44H. The minimum atomic E-state index is -10.1. The molecule has 0 aromatic heterocycles. The minimum absolute atomic E-state index is 8.15. The van der Waals surface area contributed by atoms with Crippen LogP contribution in [0.2, 0.25) is 0 Å². The van der Waals surface area contributed by atoms with E-state index in [-0.39, 0.29) is 0 Å². The van der Waals surface area contributed by atoms with Gasteiger partial charge < -0.3 is 15.3 Å². The van der Waals surface area contributed by atoms with Crippen LogP contribution in [0.5, 0.6) is 0 Å². The lowest BCUT2D eigenvalue weighted by Gasteiger charge is -2.52. The number of hydrogen-bond donors (Lipinski definition) is 3. The summed E-state index contributed by atoms with van der Waals surface area (Å²) >= 11 is 0. The molecule has 0 aliphatic heterocycles. The van der Waals surface area contributed by atoms with E-state index in [2.05, 4.69) is 0 Å². The highest BCUT2D eigenvalue weighted by Gasteiger charge is 3.03.